The molecule has 0 amide bonds. The summed E-state index contributed by atoms with van der Waals surface area (Å²) < 4.78 is 16.5. The van der Waals surface area contributed by atoms with E-state index < -0.39 is 0 Å². The van der Waals surface area contributed by atoms with Crippen molar-refractivity contribution in [1.82, 2.24) is 19.7 Å². The molecule has 7 heteroatoms. The van der Waals surface area contributed by atoms with Gasteiger partial charge in [0.25, 0.3) is 0 Å². The molecule has 3 aromatic rings. The highest BCUT2D eigenvalue weighted by Gasteiger charge is 2.24. The Hall–Kier alpha value is -2.57. The number of rotatable bonds is 4. The molecule has 0 saturated carbocycles. The Morgan fingerprint density at radius 3 is 2.70 bits per heavy atom. The number of halogens is 2. The van der Waals surface area contributed by atoms with Gasteiger partial charge in [0.2, 0.25) is 0 Å². The lowest BCUT2D eigenvalue weighted by molar-refractivity contribution is 0.408. The summed E-state index contributed by atoms with van der Waals surface area (Å²) in [4.78, 5) is 6.77. The number of hydrogen-bond donors (Lipinski definition) is 0. The van der Waals surface area contributed by atoms with E-state index in [1.165, 1.54) is 6.07 Å². The highest BCUT2D eigenvalue weighted by molar-refractivity contribution is 6.31. The predicted molar refractivity (Wildman–Crippen MR) is 104 cm³/mol. The van der Waals surface area contributed by atoms with Crippen molar-refractivity contribution in [2.24, 2.45) is 4.99 Å². The van der Waals surface area contributed by atoms with Crippen molar-refractivity contribution in [3.8, 4) is 5.69 Å². The van der Waals surface area contributed by atoms with Gasteiger partial charge >= 0.3 is 0 Å². The van der Waals surface area contributed by atoms with Gasteiger partial charge in [0.1, 0.15) is 18.2 Å². The molecule has 0 atom stereocenters. The molecule has 4 rings (SSSR count). The molecule has 0 spiro atoms. The predicted octanol–water partition coefficient (Wildman–Crippen LogP) is 3.51. The van der Waals surface area contributed by atoms with Gasteiger partial charge in [0.05, 0.1) is 11.4 Å². The summed E-state index contributed by atoms with van der Waals surface area (Å²) in [7, 11) is 4.04. The van der Waals surface area contributed by atoms with Crippen molar-refractivity contribution in [2.45, 2.75) is 13.0 Å². The van der Waals surface area contributed by atoms with Gasteiger partial charge in [-0.25, -0.2) is 4.39 Å². The van der Waals surface area contributed by atoms with Crippen LogP contribution < -0.4 is 0 Å². The van der Waals surface area contributed by atoms with E-state index in [2.05, 4.69) is 20.1 Å². The summed E-state index contributed by atoms with van der Waals surface area (Å²) in [6, 6.07) is 12.2. The summed E-state index contributed by atoms with van der Waals surface area (Å²) >= 11 is 6.27. The van der Waals surface area contributed by atoms with Crippen molar-refractivity contribution in [2.75, 3.05) is 20.6 Å². The molecule has 0 N–H and O–H groups in total. The maximum absolute atomic E-state index is 14.5. The summed E-state index contributed by atoms with van der Waals surface area (Å²) in [5.41, 5.74) is 2.68. The van der Waals surface area contributed by atoms with E-state index in [-0.39, 0.29) is 5.82 Å². The van der Waals surface area contributed by atoms with Crippen LogP contribution in [0.2, 0.25) is 5.02 Å². The molecular weight excluding hydrogens is 365 g/mol. The third-order valence-electron chi connectivity index (χ3n) is 4.54. The molecule has 0 saturated heterocycles. The second-order valence-electron chi connectivity index (χ2n) is 6.73. The van der Waals surface area contributed by atoms with Gasteiger partial charge in [-0.2, -0.15) is 0 Å². The Morgan fingerprint density at radius 1 is 1.11 bits per heavy atom. The van der Waals surface area contributed by atoms with Crippen molar-refractivity contribution in [3.63, 3.8) is 0 Å². The lowest BCUT2D eigenvalue weighted by Gasteiger charge is -2.15. The van der Waals surface area contributed by atoms with Crippen LogP contribution in [0.4, 0.5) is 4.39 Å². The number of hydrogen-bond acceptors (Lipinski definition) is 4. The van der Waals surface area contributed by atoms with Crippen molar-refractivity contribution in [1.29, 1.82) is 0 Å². The zero-order chi connectivity index (χ0) is 19.0. The third-order valence-corrected chi connectivity index (χ3v) is 4.78. The van der Waals surface area contributed by atoms with Crippen LogP contribution in [0.5, 0.6) is 0 Å². The summed E-state index contributed by atoms with van der Waals surface area (Å²) in [6.45, 7) is 1.17. The van der Waals surface area contributed by atoms with Gasteiger partial charge < -0.3 is 4.90 Å². The van der Waals surface area contributed by atoms with Gasteiger partial charge in [-0.15, -0.1) is 10.2 Å². The molecule has 138 valence electrons. The second kappa shape index (κ2) is 7.21. The van der Waals surface area contributed by atoms with Crippen LogP contribution in [0.25, 0.3) is 5.69 Å². The fourth-order valence-corrected chi connectivity index (χ4v) is 3.40. The van der Waals surface area contributed by atoms with Crippen LogP contribution in [0.3, 0.4) is 0 Å². The SMILES string of the molecule is CN(C)CCc1nnc2n1-c1ccc(Cl)cc1C(c1ccccc1F)=NC2. The van der Waals surface area contributed by atoms with E-state index >= 15 is 0 Å². The Labute approximate surface area is 162 Å². The number of aliphatic imine (C=N–C) groups is 1. The maximum atomic E-state index is 14.5. The maximum Gasteiger partial charge on any atom is 0.159 e. The first-order chi connectivity index (χ1) is 13.0. The van der Waals surface area contributed by atoms with Crippen LogP contribution >= 0.6 is 11.6 Å². The first kappa shape index (κ1) is 17.8. The summed E-state index contributed by atoms with van der Waals surface area (Å²) in [5.74, 6) is 1.28. The van der Waals surface area contributed by atoms with E-state index in [1.54, 1.807) is 18.2 Å². The van der Waals surface area contributed by atoms with E-state index in [0.29, 0.717) is 22.8 Å². The van der Waals surface area contributed by atoms with Gasteiger partial charge in [0.15, 0.2) is 5.82 Å². The van der Waals surface area contributed by atoms with Crippen LogP contribution in [0, 0.1) is 5.82 Å². The molecule has 0 aliphatic carbocycles. The van der Waals surface area contributed by atoms with E-state index in [1.807, 2.05) is 36.9 Å². The van der Waals surface area contributed by atoms with Crippen LogP contribution in [0.1, 0.15) is 22.8 Å². The van der Waals surface area contributed by atoms with Gasteiger partial charge in [0, 0.05) is 29.1 Å². The first-order valence-electron chi connectivity index (χ1n) is 8.72. The Morgan fingerprint density at radius 2 is 1.93 bits per heavy atom. The number of fused-ring (bicyclic) bond motifs is 3. The van der Waals surface area contributed by atoms with E-state index in [4.69, 9.17) is 11.6 Å². The summed E-state index contributed by atoms with van der Waals surface area (Å²) in [6.07, 6.45) is 0.747. The fourth-order valence-electron chi connectivity index (χ4n) is 3.23. The van der Waals surface area contributed by atoms with Crippen LogP contribution in [-0.2, 0) is 13.0 Å². The minimum absolute atomic E-state index is 0.312. The molecule has 1 aromatic heterocycles. The molecule has 2 aromatic carbocycles. The van der Waals surface area contributed by atoms with Gasteiger partial charge in [-0.1, -0.05) is 23.7 Å². The van der Waals surface area contributed by atoms with Gasteiger partial charge in [-0.3, -0.25) is 9.56 Å². The molecule has 1 aliphatic heterocycles. The zero-order valence-corrected chi connectivity index (χ0v) is 15.9. The quantitative estimate of drug-likeness (QED) is 0.692. The monoisotopic (exact) mass is 383 g/mol. The zero-order valence-electron chi connectivity index (χ0n) is 15.2. The van der Waals surface area contributed by atoms with Gasteiger partial charge in [-0.05, 0) is 44.4 Å². The van der Waals surface area contributed by atoms with Crippen LogP contribution in [0.15, 0.2) is 47.5 Å². The molecule has 2 heterocycles. The highest BCUT2D eigenvalue weighted by Crippen LogP contribution is 2.29. The van der Waals surface area contributed by atoms with Crippen molar-refractivity contribution < 1.29 is 4.39 Å². The minimum Gasteiger partial charge on any atom is -0.309 e. The molecule has 0 fully saturated rings. The summed E-state index contributed by atoms with van der Waals surface area (Å²) in [5, 5.41) is 9.26. The van der Waals surface area contributed by atoms with Crippen LogP contribution in [-0.4, -0.2) is 46.0 Å². The molecule has 5 nitrogen and oxygen atoms in total. The smallest absolute Gasteiger partial charge is 0.159 e. The fraction of sp³-hybridized carbons (Fsp3) is 0.250. The molecule has 0 radical (unpaired) electrons. The molecular formula is C20H19ClFN5. The highest BCUT2D eigenvalue weighted by atomic mass is 35.5. The molecule has 27 heavy (non-hydrogen) atoms. The van der Waals surface area contributed by atoms with E-state index in [0.717, 1.165) is 35.9 Å². The number of aromatic nitrogens is 3. The molecule has 0 bridgehead atoms. The Bertz CT molecular complexity index is 1020. The molecule has 0 unspecified atom stereocenters. The Balaban J connectivity index is 1.89. The second-order valence-corrected chi connectivity index (χ2v) is 7.16. The first-order valence-corrected chi connectivity index (χ1v) is 9.10. The standard InChI is InChI=1S/C20H19ClFN5/c1-26(2)10-9-18-24-25-19-12-23-20(14-5-3-4-6-16(14)22)15-11-13(21)7-8-17(15)27(18)19/h3-8,11H,9-10,12H2,1-2H3. The minimum atomic E-state index is -0.312. The normalized spacial score (nSPS) is 13.1. The van der Waals surface area contributed by atoms with E-state index in [9.17, 15) is 4.39 Å². The lowest BCUT2D eigenvalue weighted by Crippen LogP contribution is -2.18. The number of likely N-dealkylation sites (N-methyl/N-ethyl adjacent to an activating group) is 1. The van der Waals surface area contributed by atoms with Crippen molar-refractivity contribution >= 4 is 17.3 Å². The average Bonchev–Trinajstić information content (AvgIpc) is 2.97. The number of nitrogens with zero attached hydrogens (tertiary/aromatic N) is 5. The largest absolute Gasteiger partial charge is 0.309 e. The molecule has 1 aliphatic rings. The topological polar surface area (TPSA) is 46.3 Å². The number of benzene rings is 2. The average molecular weight is 384 g/mol. The Kier molecular flexibility index (Phi) is 4.76. The lowest BCUT2D eigenvalue weighted by atomic mass is 10.00. The van der Waals surface area contributed by atoms with Crippen molar-refractivity contribution in [3.05, 3.63) is 76.1 Å². The third kappa shape index (κ3) is 3.38.